The minimum Gasteiger partial charge on any atom is -0.483 e. The second-order valence-electron chi connectivity index (χ2n) is 7.00. The molecule has 2 heterocycles. The van der Waals surface area contributed by atoms with Crippen molar-refractivity contribution in [2.75, 3.05) is 11.9 Å². The van der Waals surface area contributed by atoms with Gasteiger partial charge in [-0.3, -0.25) is 9.20 Å². The van der Waals surface area contributed by atoms with Crippen molar-refractivity contribution in [3.8, 4) is 17.0 Å². The van der Waals surface area contributed by atoms with Crippen molar-refractivity contribution in [3.63, 3.8) is 0 Å². The fourth-order valence-electron chi connectivity index (χ4n) is 3.41. The Kier molecular flexibility index (Phi) is 5.10. The Morgan fingerprint density at radius 3 is 2.57 bits per heavy atom. The van der Waals surface area contributed by atoms with Crippen molar-refractivity contribution in [2.45, 2.75) is 13.8 Å². The number of primary amides is 1. The highest BCUT2D eigenvalue weighted by Gasteiger charge is 2.20. The lowest BCUT2D eigenvalue weighted by atomic mass is 10.1. The number of benzene rings is 2. The van der Waals surface area contributed by atoms with Crippen LogP contribution in [0.4, 0.5) is 15.9 Å². The van der Waals surface area contributed by atoms with E-state index in [1.54, 1.807) is 28.8 Å². The molecule has 2 aromatic carbocycles. The molecule has 0 aliphatic heterocycles. The Bertz CT molecular complexity index is 1230. The van der Waals surface area contributed by atoms with Gasteiger partial charge in [-0.15, -0.1) is 0 Å². The number of fused-ring (bicyclic) bond motifs is 1. The number of aryl methyl sites for hydroxylation is 2. The fraction of sp³-hybridized carbons (Fsp3) is 0.130. The maximum atomic E-state index is 14.5. The summed E-state index contributed by atoms with van der Waals surface area (Å²) in [5.41, 5.74) is 9.55. The Balaban J connectivity index is 1.92. The number of carbonyl (C=O) groups excluding carboxylic acids is 1. The van der Waals surface area contributed by atoms with Gasteiger partial charge in [0.05, 0.1) is 0 Å². The van der Waals surface area contributed by atoms with Crippen LogP contribution in [-0.4, -0.2) is 21.9 Å². The number of nitrogens with two attached hydrogens (primary N) is 1. The van der Waals surface area contributed by atoms with Gasteiger partial charge in [0.1, 0.15) is 17.3 Å². The number of anilines is 2. The topological polar surface area (TPSA) is 81.6 Å². The molecule has 1 amide bonds. The molecule has 0 radical (unpaired) electrons. The summed E-state index contributed by atoms with van der Waals surface area (Å²) in [6.07, 6.45) is 1.75. The van der Waals surface area contributed by atoms with Crippen molar-refractivity contribution in [2.24, 2.45) is 5.73 Å². The molecular weight excluding hydrogens is 383 g/mol. The van der Waals surface area contributed by atoms with Gasteiger partial charge in [-0.25, -0.2) is 9.37 Å². The van der Waals surface area contributed by atoms with Crippen LogP contribution in [0.1, 0.15) is 11.1 Å². The Hall–Kier alpha value is -3.87. The van der Waals surface area contributed by atoms with Crippen molar-refractivity contribution in [1.29, 1.82) is 0 Å². The quantitative estimate of drug-likeness (QED) is 0.500. The lowest BCUT2D eigenvalue weighted by Crippen LogP contribution is -2.20. The number of halogens is 1. The monoisotopic (exact) mass is 404 g/mol. The average molecular weight is 404 g/mol. The predicted octanol–water partition coefficient (Wildman–Crippen LogP) is 4.36. The van der Waals surface area contributed by atoms with Gasteiger partial charge in [0.15, 0.2) is 18.1 Å². The van der Waals surface area contributed by atoms with E-state index in [-0.39, 0.29) is 12.3 Å². The molecule has 30 heavy (non-hydrogen) atoms. The average Bonchev–Trinajstić information content (AvgIpc) is 3.09. The van der Waals surface area contributed by atoms with E-state index in [4.69, 9.17) is 10.5 Å². The number of pyridine rings is 1. The molecule has 0 fully saturated rings. The molecule has 0 aliphatic carbocycles. The van der Waals surface area contributed by atoms with Gasteiger partial charge >= 0.3 is 0 Å². The summed E-state index contributed by atoms with van der Waals surface area (Å²) in [6.45, 7) is 3.74. The number of ether oxygens (including phenoxy) is 1. The van der Waals surface area contributed by atoms with Gasteiger partial charge in [-0.1, -0.05) is 30.3 Å². The molecule has 0 spiro atoms. The maximum absolute atomic E-state index is 14.5. The van der Waals surface area contributed by atoms with Crippen LogP contribution < -0.4 is 15.8 Å². The minimum atomic E-state index is -0.584. The maximum Gasteiger partial charge on any atom is 0.255 e. The number of aromatic nitrogens is 2. The van der Waals surface area contributed by atoms with E-state index in [0.29, 0.717) is 22.8 Å². The largest absolute Gasteiger partial charge is 0.483 e. The van der Waals surface area contributed by atoms with Gasteiger partial charge in [0, 0.05) is 17.4 Å². The van der Waals surface area contributed by atoms with Crippen molar-refractivity contribution in [1.82, 2.24) is 9.38 Å². The normalized spacial score (nSPS) is 10.9. The standard InChI is InChI=1S/C23H21FN4O2/c1-14-7-5-8-15(2)20(14)26-23-21(27-22-17(24)10-6-12-28(22)23)16-9-3-4-11-18(16)30-13-19(25)29/h3-12,26H,13H2,1-2H3,(H2,25,29). The Labute approximate surface area is 173 Å². The number of para-hydroxylation sites is 2. The van der Waals surface area contributed by atoms with Crippen LogP contribution in [-0.2, 0) is 4.79 Å². The number of nitrogens with one attached hydrogen (secondary N) is 1. The molecule has 7 heteroatoms. The zero-order valence-corrected chi connectivity index (χ0v) is 16.6. The molecule has 0 atom stereocenters. The first-order chi connectivity index (χ1) is 14.5. The molecule has 0 unspecified atom stereocenters. The van der Waals surface area contributed by atoms with Crippen LogP contribution in [0, 0.1) is 19.7 Å². The third-order valence-electron chi connectivity index (χ3n) is 4.84. The van der Waals surface area contributed by atoms with Gasteiger partial charge in [0.2, 0.25) is 0 Å². The number of rotatable bonds is 6. The molecule has 0 bridgehead atoms. The summed E-state index contributed by atoms with van der Waals surface area (Å²) in [5, 5.41) is 3.44. The second kappa shape index (κ2) is 7.87. The van der Waals surface area contributed by atoms with Crippen molar-refractivity contribution in [3.05, 3.63) is 77.7 Å². The summed E-state index contributed by atoms with van der Waals surface area (Å²) in [4.78, 5) is 15.8. The third kappa shape index (κ3) is 3.57. The molecule has 4 aromatic rings. The summed E-state index contributed by atoms with van der Waals surface area (Å²) in [5.74, 6) is 0.00488. The van der Waals surface area contributed by atoms with Crippen LogP contribution in [0.5, 0.6) is 5.75 Å². The number of amides is 1. The molecule has 2 aromatic heterocycles. The van der Waals surface area contributed by atoms with Gasteiger partial charge in [-0.2, -0.15) is 0 Å². The summed E-state index contributed by atoms with van der Waals surface area (Å²) in [7, 11) is 0. The van der Waals surface area contributed by atoms with E-state index in [1.807, 2.05) is 44.2 Å². The first kappa shape index (κ1) is 19.4. The van der Waals surface area contributed by atoms with E-state index in [0.717, 1.165) is 16.8 Å². The molecule has 152 valence electrons. The lowest BCUT2D eigenvalue weighted by Gasteiger charge is -2.15. The Morgan fingerprint density at radius 1 is 1.10 bits per heavy atom. The molecule has 6 nitrogen and oxygen atoms in total. The first-order valence-electron chi connectivity index (χ1n) is 9.46. The lowest BCUT2D eigenvalue weighted by molar-refractivity contribution is -0.119. The number of nitrogens with zero attached hydrogens (tertiary/aromatic N) is 2. The zero-order chi connectivity index (χ0) is 21.3. The minimum absolute atomic E-state index is 0.186. The van der Waals surface area contributed by atoms with Gasteiger partial charge in [-0.05, 0) is 49.2 Å². The Morgan fingerprint density at radius 2 is 1.83 bits per heavy atom. The number of carbonyl (C=O) groups is 1. The van der Waals surface area contributed by atoms with E-state index in [1.165, 1.54) is 6.07 Å². The van der Waals surface area contributed by atoms with E-state index >= 15 is 0 Å². The van der Waals surface area contributed by atoms with Crippen LogP contribution in [0.25, 0.3) is 16.9 Å². The zero-order valence-electron chi connectivity index (χ0n) is 16.6. The molecule has 4 rings (SSSR count). The predicted molar refractivity (Wildman–Crippen MR) is 114 cm³/mol. The fourth-order valence-corrected chi connectivity index (χ4v) is 3.41. The summed E-state index contributed by atoms with van der Waals surface area (Å²) in [6, 6.07) is 16.1. The smallest absolute Gasteiger partial charge is 0.255 e. The molecular formula is C23H21FN4O2. The molecule has 0 aliphatic rings. The third-order valence-corrected chi connectivity index (χ3v) is 4.84. The summed E-state index contributed by atoms with van der Waals surface area (Å²) >= 11 is 0. The van der Waals surface area contributed by atoms with Crippen LogP contribution in [0.15, 0.2) is 60.8 Å². The van der Waals surface area contributed by atoms with E-state index < -0.39 is 11.7 Å². The molecule has 0 saturated heterocycles. The SMILES string of the molecule is Cc1cccc(C)c1Nc1c(-c2ccccc2OCC(N)=O)nc2c(F)cccn12. The van der Waals surface area contributed by atoms with E-state index in [2.05, 4.69) is 10.3 Å². The summed E-state index contributed by atoms with van der Waals surface area (Å²) < 4.78 is 21.8. The highest BCUT2D eigenvalue weighted by atomic mass is 19.1. The van der Waals surface area contributed by atoms with Crippen LogP contribution in [0.3, 0.4) is 0 Å². The highest BCUT2D eigenvalue weighted by molar-refractivity contribution is 5.84. The van der Waals surface area contributed by atoms with Crippen LogP contribution >= 0.6 is 0 Å². The van der Waals surface area contributed by atoms with Gasteiger partial charge < -0.3 is 15.8 Å². The van der Waals surface area contributed by atoms with Crippen molar-refractivity contribution < 1.29 is 13.9 Å². The first-order valence-corrected chi connectivity index (χ1v) is 9.46. The second-order valence-corrected chi connectivity index (χ2v) is 7.00. The number of imidazole rings is 1. The number of hydrogen-bond acceptors (Lipinski definition) is 4. The van der Waals surface area contributed by atoms with E-state index in [9.17, 15) is 9.18 Å². The van der Waals surface area contributed by atoms with Crippen molar-refractivity contribution >= 4 is 23.1 Å². The molecule has 0 saturated carbocycles. The highest BCUT2D eigenvalue weighted by Crippen LogP contribution is 2.38. The van der Waals surface area contributed by atoms with Gasteiger partial charge in [0.25, 0.3) is 5.91 Å². The number of hydrogen-bond donors (Lipinski definition) is 2. The molecule has 3 N–H and O–H groups in total. The van der Waals surface area contributed by atoms with Crippen LogP contribution in [0.2, 0.25) is 0 Å².